The summed E-state index contributed by atoms with van der Waals surface area (Å²) in [5.74, 6) is 0. The van der Waals surface area contributed by atoms with Crippen molar-refractivity contribution < 1.29 is 0 Å². The molecular formula is S5-2. The molecule has 0 aromatic heterocycles. The van der Waals surface area contributed by atoms with Crippen LogP contribution in [0.15, 0.2) is 0 Å². The lowest BCUT2D eigenvalue weighted by Gasteiger charge is -2.03. The normalized spacial score (nSPS) is 8.40. The summed E-state index contributed by atoms with van der Waals surface area (Å²) in [5, 5.41) is 0. The van der Waals surface area contributed by atoms with E-state index >= 15 is 0 Å². The van der Waals surface area contributed by atoms with Crippen LogP contribution in [0.5, 0.6) is 0 Å². The zero-order chi connectivity index (χ0) is 4.12. The molecule has 0 bridgehead atoms. The Morgan fingerprint density at radius 1 is 1.00 bits per heavy atom. The maximum atomic E-state index is 4.44. The summed E-state index contributed by atoms with van der Waals surface area (Å²) in [4.78, 5) is 0. The summed E-state index contributed by atoms with van der Waals surface area (Å²) < 4.78 is 0. The minimum atomic E-state index is 1.26. The largest absolute Gasteiger partial charge is 0.706 e. The lowest BCUT2D eigenvalue weighted by Crippen LogP contribution is -1.23. The average Bonchev–Trinajstić information content (AvgIpc) is 1.41. The third kappa shape index (κ3) is 5.75. The third-order valence-corrected chi connectivity index (χ3v) is 4.50. The van der Waals surface area contributed by atoms with Gasteiger partial charge in [0.2, 0.25) is 0 Å². The van der Waals surface area contributed by atoms with Crippen LogP contribution in [0.4, 0.5) is 0 Å². The average molecular weight is 160 g/mol. The molecule has 0 spiro atoms. The van der Waals surface area contributed by atoms with E-state index in [0.29, 0.717) is 0 Å². The van der Waals surface area contributed by atoms with E-state index in [0.717, 1.165) is 0 Å². The molecule has 0 radical (unpaired) electrons. The van der Waals surface area contributed by atoms with Gasteiger partial charge in [0.25, 0.3) is 0 Å². The van der Waals surface area contributed by atoms with E-state index in [2.05, 4.69) is 23.3 Å². The van der Waals surface area contributed by atoms with Crippen molar-refractivity contribution in [1.82, 2.24) is 0 Å². The predicted octanol–water partition coefficient (Wildman–Crippen LogP) is 1.94. The minimum Gasteiger partial charge on any atom is -0.706 e. The first-order valence-electron chi connectivity index (χ1n) is 0.667. The van der Waals surface area contributed by atoms with Gasteiger partial charge in [0.05, 0.1) is 0 Å². The zero-order valence-electron chi connectivity index (χ0n) is 2.04. The first-order valence-corrected chi connectivity index (χ1v) is 6.00. The second kappa shape index (κ2) is 5.75. The lowest BCUT2D eigenvalue weighted by atomic mass is 30.3. The van der Waals surface area contributed by atoms with Gasteiger partial charge in [-0.3, -0.25) is 19.7 Å². The quantitative estimate of drug-likeness (QED) is 0.446. The second-order valence-electron chi connectivity index (χ2n) is 0.204. The topological polar surface area (TPSA) is 0 Å². The summed E-state index contributed by atoms with van der Waals surface area (Å²) in [6.45, 7) is 0. The van der Waals surface area contributed by atoms with Gasteiger partial charge in [0.1, 0.15) is 0 Å². The molecule has 0 aromatic carbocycles. The molecule has 0 nitrogen and oxygen atoms in total. The highest BCUT2D eigenvalue weighted by molar-refractivity contribution is 9.29. The SMILES string of the molecule is [S-]SSS[S-]. The van der Waals surface area contributed by atoms with Gasteiger partial charge in [0, 0.05) is 0 Å². The fourth-order valence-electron chi connectivity index (χ4n) is 0.0113. The molecule has 0 aliphatic rings. The molecule has 0 amide bonds. The van der Waals surface area contributed by atoms with E-state index < -0.39 is 0 Å². The monoisotopic (exact) mass is 160 g/mol. The highest BCUT2D eigenvalue weighted by atomic mass is 33.8. The van der Waals surface area contributed by atoms with Crippen molar-refractivity contribution in [2.24, 2.45) is 0 Å². The minimum absolute atomic E-state index is 1.26. The van der Waals surface area contributed by atoms with Crippen LogP contribution < -0.4 is 0 Å². The van der Waals surface area contributed by atoms with E-state index in [-0.39, 0.29) is 0 Å². The van der Waals surface area contributed by atoms with E-state index in [1.807, 2.05) is 0 Å². The van der Waals surface area contributed by atoms with Crippen LogP contribution in [0.25, 0.3) is 0 Å². The Bertz CT molecular complexity index is 7.51. The summed E-state index contributed by atoms with van der Waals surface area (Å²) in [6, 6.07) is 0. The van der Waals surface area contributed by atoms with Gasteiger partial charge in [-0.2, -0.15) is 0 Å². The van der Waals surface area contributed by atoms with Crippen LogP contribution in [-0.2, 0) is 23.3 Å². The van der Waals surface area contributed by atoms with Gasteiger partial charge < -0.3 is 23.3 Å². The van der Waals surface area contributed by atoms with Crippen LogP contribution in [0.1, 0.15) is 0 Å². The number of hydrogen-bond acceptors (Lipinski definition) is 5. The maximum absolute atomic E-state index is 4.44. The van der Waals surface area contributed by atoms with Crippen LogP contribution in [-0.4, -0.2) is 0 Å². The van der Waals surface area contributed by atoms with Crippen molar-refractivity contribution in [1.29, 1.82) is 0 Å². The summed E-state index contributed by atoms with van der Waals surface area (Å²) in [7, 11) is 3.95. The van der Waals surface area contributed by atoms with Crippen LogP contribution in [0, 0.1) is 0 Å². The first-order chi connectivity index (χ1) is 2.41. The Labute approximate surface area is 52.7 Å². The van der Waals surface area contributed by atoms with Gasteiger partial charge in [0.15, 0.2) is 0 Å². The molecule has 5 heteroatoms. The molecule has 0 aromatic rings. The molecule has 0 aliphatic carbocycles. The molecule has 0 atom stereocenters. The fraction of sp³-hybridized carbons (Fsp3) is 0. The molecule has 5 heavy (non-hydrogen) atoms. The number of hydrogen-bond donors (Lipinski definition) is 0. The van der Waals surface area contributed by atoms with E-state index in [9.17, 15) is 0 Å². The Kier molecular flexibility index (Phi) is 7.76. The van der Waals surface area contributed by atoms with Crippen molar-refractivity contribution in [3.05, 3.63) is 0 Å². The van der Waals surface area contributed by atoms with Gasteiger partial charge >= 0.3 is 0 Å². The van der Waals surface area contributed by atoms with Crippen LogP contribution in [0.2, 0.25) is 0 Å². The Hall–Kier alpha value is 1.75. The summed E-state index contributed by atoms with van der Waals surface area (Å²) in [6.07, 6.45) is 0. The van der Waals surface area contributed by atoms with Gasteiger partial charge in [-0.25, -0.2) is 0 Å². The van der Waals surface area contributed by atoms with Crippen molar-refractivity contribution in [3.8, 4) is 0 Å². The molecule has 0 saturated heterocycles. The highest BCUT2D eigenvalue weighted by Gasteiger charge is 1.48. The fourth-order valence-corrected chi connectivity index (χ4v) is 2.76. The first kappa shape index (κ1) is 6.75. The van der Waals surface area contributed by atoms with Crippen LogP contribution >= 0.6 is 29.5 Å². The van der Waals surface area contributed by atoms with Crippen molar-refractivity contribution in [3.63, 3.8) is 0 Å². The maximum Gasteiger partial charge on any atom is -0.0789 e. The molecule has 0 heterocycles. The van der Waals surface area contributed by atoms with Crippen molar-refractivity contribution in [2.75, 3.05) is 0 Å². The molecule has 0 saturated carbocycles. The molecule has 0 unspecified atom stereocenters. The highest BCUT2D eigenvalue weighted by Crippen LogP contribution is 2.30. The lowest BCUT2D eigenvalue weighted by molar-refractivity contribution is 5.82. The molecule has 0 N–H and O–H groups in total. The number of rotatable bonds is 2. The van der Waals surface area contributed by atoms with E-state index in [4.69, 9.17) is 0 Å². The zero-order valence-corrected chi connectivity index (χ0v) is 6.12. The molecule has 0 fully saturated rings. The molecule has 32 valence electrons. The Morgan fingerprint density at radius 3 is 1.40 bits per heavy atom. The van der Waals surface area contributed by atoms with Gasteiger partial charge in [-0.1, -0.05) is 9.83 Å². The Morgan fingerprint density at radius 2 is 1.40 bits per heavy atom. The summed E-state index contributed by atoms with van der Waals surface area (Å²) >= 11 is 8.89. The molecule has 0 rings (SSSR count). The van der Waals surface area contributed by atoms with Crippen LogP contribution in [0.3, 0.4) is 0 Å². The standard InChI is InChI=1S/H2S5/c1-3-5-4-2/h1-2H/p-2. The third-order valence-electron chi connectivity index (χ3n) is 0.0556. The Balaban J connectivity index is 2.19. The van der Waals surface area contributed by atoms with Crippen molar-refractivity contribution in [2.45, 2.75) is 0 Å². The summed E-state index contributed by atoms with van der Waals surface area (Å²) in [5.41, 5.74) is 0. The van der Waals surface area contributed by atoms with Crippen molar-refractivity contribution >= 4 is 52.8 Å². The predicted molar refractivity (Wildman–Crippen MR) is 37.5 cm³/mol. The van der Waals surface area contributed by atoms with Gasteiger partial charge in [-0.15, -0.1) is 0 Å². The van der Waals surface area contributed by atoms with E-state index in [1.165, 1.54) is 29.5 Å². The molecular weight excluding hydrogens is 160 g/mol. The molecule has 0 aliphatic heterocycles. The second-order valence-corrected chi connectivity index (χ2v) is 5.51. The van der Waals surface area contributed by atoms with E-state index in [1.54, 1.807) is 0 Å². The smallest absolute Gasteiger partial charge is 0.0789 e. The van der Waals surface area contributed by atoms with Gasteiger partial charge in [-0.05, 0) is 0 Å².